The molecule has 18 heavy (non-hydrogen) atoms. The first-order valence-electron chi connectivity index (χ1n) is 6.41. The van der Waals surface area contributed by atoms with E-state index in [1.807, 2.05) is 0 Å². The Morgan fingerprint density at radius 1 is 1.44 bits per heavy atom. The maximum Gasteiger partial charge on any atom is 0.251 e. The molecule has 0 saturated carbocycles. The summed E-state index contributed by atoms with van der Waals surface area (Å²) in [5, 5.41) is 12.1. The van der Waals surface area contributed by atoms with Crippen molar-refractivity contribution < 1.29 is 9.90 Å². The Hall–Kier alpha value is -1.55. The normalized spacial score (nSPS) is 20.6. The zero-order valence-corrected chi connectivity index (χ0v) is 10.7. The molecule has 1 saturated heterocycles. The molecule has 0 aromatic heterocycles. The van der Waals surface area contributed by atoms with E-state index >= 15 is 0 Å². The molecule has 98 valence electrons. The molecule has 4 heteroatoms. The molecule has 1 amide bonds. The van der Waals surface area contributed by atoms with Gasteiger partial charge in [-0.15, -0.1) is 0 Å². The van der Waals surface area contributed by atoms with Crippen molar-refractivity contribution in [1.29, 1.82) is 0 Å². The lowest BCUT2D eigenvalue weighted by atomic mass is 9.98. The fourth-order valence-electron chi connectivity index (χ4n) is 2.39. The molecule has 4 nitrogen and oxygen atoms in total. The number of nitrogens with one attached hydrogen (secondary N) is 1. The Labute approximate surface area is 108 Å². The molecule has 0 aliphatic carbocycles. The van der Waals surface area contributed by atoms with E-state index in [4.69, 9.17) is 5.11 Å². The average molecular weight is 248 g/mol. The van der Waals surface area contributed by atoms with Crippen LogP contribution in [0, 0.1) is 5.92 Å². The van der Waals surface area contributed by atoms with Gasteiger partial charge in [0.1, 0.15) is 5.75 Å². The van der Waals surface area contributed by atoms with Crippen molar-refractivity contribution in [2.24, 2.45) is 5.92 Å². The SMILES string of the molecule is CN1CCCC(CNC(=O)c2ccc(O)cc2)C1. The van der Waals surface area contributed by atoms with E-state index in [0.717, 1.165) is 19.6 Å². The smallest absolute Gasteiger partial charge is 0.251 e. The molecule has 0 radical (unpaired) electrons. The second kappa shape index (κ2) is 5.87. The number of benzene rings is 1. The standard InChI is InChI=1S/C14H20N2O2/c1-16-8-2-3-11(10-16)9-15-14(18)12-4-6-13(17)7-5-12/h4-7,11,17H,2-3,8-10H2,1H3,(H,15,18). The molecular weight excluding hydrogens is 228 g/mol. The van der Waals surface area contributed by atoms with Gasteiger partial charge in [-0.1, -0.05) is 0 Å². The van der Waals surface area contributed by atoms with Crippen LogP contribution >= 0.6 is 0 Å². The van der Waals surface area contributed by atoms with Crippen LogP contribution in [0.3, 0.4) is 0 Å². The highest BCUT2D eigenvalue weighted by Crippen LogP contribution is 2.14. The summed E-state index contributed by atoms with van der Waals surface area (Å²) in [4.78, 5) is 14.2. The molecule has 2 N–H and O–H groups in total. The van der Waals surface area contributed by atoms with E-state index in [0.29, 0.717) is 11.5 Å². The van der Waals surface area contributed by atoms with E-state index in [9.17, 15) is 4.79 Å². The third-order valence-corrected chi connectivity index (χ3v) is 3.40. The van der Waals surface area contributed by atoms with Crippen molar-refractivity contribution in [2.75, 3.05) is 26.7 Å². The summed E-state index contributed by atoms with van der Waals surface area (Å²) in [7, 11) is 2.12. The maximum atomic E-state index is 11.9. The van der Waals surface area contributed by atoms with Gasteiger partial charge in [0.2, 0.25) is 0 Å². The number of hydrogen-bond acceptors (Lipinski definition) is 3. The van der Waals surface area contributed by atoms with Crippen molar-refractivity contribution in [2.45, 2.75) is 12.8 Å². The monoisotopic (exact) mass is 248 g/mol. The second-order valence-electron chi connectivity index (χ2n) is 5.03. The fraction of sp³-hybridized carbons (Fsp3) is 0.500. The van der Waals surface area contributed by atoms with Crippen molar-refractivity contribution in [3.8, 4) is 5.75 Å². The summed E-state index contributed by atoms with van der Waals surface area (Å²) >= 11 is 0. The van der Waals surface area contributed by atoms with E-state index in [-0.39, 0.29) is 11.7 Å². The summed E-state index contributed by atoms with van der Waals surface area (Å²) < 4.78 is 0. The predicted molar refractivity (Wildman–Crippen MR) is 70.7 cm³/mol. The Morgan fingerprint density at radius 3 is 2.83 bits per heavy atom. The minimum Gasteiger partial charge on any atom is -0.508 e. The second-order valence-corrected chi connectivity index (χ2v) is 5.03. The Bertz CT molecular complexity index is 403. The molecule has 1 fully saturated rings. The summed E-state index contributed by atoms with van der Waals surface area (Å²) in [6.07, 6.45) is 2.39. The van der Waals surface area contributed by atoms with Crippen molar-refractivity contribution >= 4 is 5.91 Å². The molecule has 1 atom stereocenters. The fourth-order valence-corrected chi connectivity index (χ4v) is 2.39. The van der Waals surface area contributed by atoms with Crippen LogP contribution in [-0.4, -0.2) is 42.6 Å². The number of phenols is 1. The van der Waals surface area contributed by atoms with Crippen LogP contribution in [0.5, 0.6) is 5.75 Å². The van der Waals surface area contributed by atoms with Crippen LogP contribution in [0.4, 0.5) is 0 Å². The highest BCUT2D eigenvalue weighted by atomic mass is 16.3. The summed E-state index contributed by atoms with van der Waals surface area (Å²) in [6, 6.07) is 6.34. The quantitative estimate of drug-likeness (QED) is 0.851. The van der Waals surface area contributed by atoms with Crippen LogP contribution in [0.1, 0.15) is 23.2 Å². The van der Waals surface area contributed by atoms with Gasteiger partial charge in [-0.2, -0.15) is 0 Å². The molecule has 2 rings (SSSR count). The Balaban J connectivity index is 1.82. The Kier molecular flexibility index (Phi) is 4.20. The van der Waals surface area contributed by atoms with Gasteiger partial charge in [0.15, 0.2) is 0 Å². The number of likely N-dealkylation sites (tertiary alicyclic amines) is 1. The van der Waals surface area contributed by atoms with E-state index in [1.54, 1.807) is 12.1 Å². The number of carbonyl (C=O) groups excluding carboxylic acids is 1. The van der Waals surface area contributed by atoms with Crippen LogP contribution in [-0.2, 0) is 0 Å². The molecule has 1 heterocycles. The number of amides is 1. The maximum absolute atomic E-state index is 11.9. The average Bonchev–Trinajstić information content (AvgIpc) is 2.37. The minimum absolute atomic E-state index is 0.0665. The molecule has 1 aromatic carbocycles. The number of carbonyl (C=O) groups is 1. The minimum atomic E-state index is -0.0665. The third kappa shape index (κ3) is 3.47. The van der Waals surface area contributed by atoms with Crippen molar-refractivity contribution in [3.05, 3.63) is 29.8 Å². The lowest BCUT2D eigenvalue weighted by Crippen LogP contribution is -2.39. The van der Waals surface area contributed by atoms with Crippen LogP contribution < -0.4 is 5.32 Å². The van der Waals surface area contributed by atoms with Gasteiger partial charge in [0, 0.05) is 18.7 Å². The third-order valence-electron chi connectivity index (χ3n) is 3.40. The predicted octanol–water partition coefficient (Wildman–Crippen LogP) is 1.46. The van der Waals surface area contributed by atoms with Gasteiger partial charge in [-0.25, -0.2) is 0 Å². The molecule has 0 bridgehead atoms. The molecular formula is C14H20N2O2. The molecule has 1 aliphatic rings. The lowest BCUT2D eigenvalue weighted by Gasteiger charge is -2.29. The van der Waals surface area contributed by atoms with Crippen LogP contribution in [0.25, 0.3) is 0 Å². The highest BCUT2D eigenvalue weighted by Gasteiger charge is 2.17. The topological polar surface area (TPSA) is 52.6 Å². The molecule has 1 aliphatic heterocycles. The zero-order valence-electron chi connectivity index (χ0n) is 10.7. The Morgan fingerprint density at radius 2 is 2.17 bits per heavy atom. The highest BCUT2D eigenvalue weighted by molar-refractivity contribution is 5.94. The van der Waals surface area contributed by atoms with E-state index in [1.165, 1.54) is 25.0 Å². The van der Waals surface area contributed by atoms with E-state index < -0.39 is 0 Å². The first kappa shape index (κ1) is 12.9. The van der Waals surface area contributed by atoms with Crippen LogP contribution in [0.2, 0.25) is 0 Å². The first-order valence-corrected chi connectivity index (χ1v) is 6.41. The number of aromatic hydroxyl groups is 1. The van der Waals surface area contributed by atoms with Gasteiger partial charge in [-0.3, -0.25) is 4.79 Å². The summed E-state index contributed by atoms with van der Waals surface area (Å²) in [6.45, 7) is 2.93. The number of nitrogens with zero attached hydrogens (tertiary/aromatic N) is 1. The van der Waals surface area contributed by atoms with Gasteiger partial charge < -0.3 is 15.3 Å². The van der Waals surface area contributed by atoms with Gasteiger partial charge in [-0.05, 0) is 56.6 Å². The first-order chi connectivity index (χ1) is 8.65. The zero-order chi connectivity index (χ0) is 13.0. The summed E-state index contributed by atoms with van der Waals surface area (Å²) in [5.41, 5.74) is 0.594. The number of rotatable bonds is 3. The largest absolute Gasteiger partial charge is 0.508 e. The van der Waals surface area contributed by atoms with Gasteiger partial charge in [0.25, 0.3) is 5.91 Å². The van der Waals surface area contributed by atoms with Crippen molar-refractivity contribution in [1.82, 2.24) is 10.2 Å². The molecule has 1 aromatic rings. The van der Waals surface area contributed by atoms with Gasteiger partial charge >= 0.3 is 0 Å². The molecule has 1 unspecified atom stereocenters. The lowest BCUT2D eigenvalue weighted by molar-refractivity contribution is 0.0937. The van der Waals surface area contributed by atoms with Crippen LogP contribution in [0.15, 0.2) is 24.3 Å². The van der Waals surface area contributed by atoms with Crippen molar-refractivity contribution in [3.63, 3.8) is 0 Å². The molecule has 0 spiro atoms. The number of phenolic OH excluding ortho intramolecular Hbond substituents is 1. The number of hydrogen-bond donors (Lipinski definition) is 2. The summed E-state index contributed by atoms with van der Waals surface area (Å²) in [5.74, 6) is 0.661. The number of piperidine rings is 1. The van der Waals surface area contributed by atoms with Gasteiger partial charge in [0.05, 0.1) is 0 Å². The van der Waals surface area contributed by atoms with E-state index in [2.05, 4.69) is 17.3 Å².